The summed E-state index contributed by atoms with van der Waals surface area (Å²) in [5.74, 6) is 0.828. The van der Waals surface area contributed by atoms with Gasteiger partial charge in [-0.1, -0.05) is 29.8 Å². The Kier molecular flexibility index (Phi) is 3.97. The number of aryl methyl sites for hydroxylation is 1. The van der Waals surface area contributed by atoms with E-state index >= 15 is 0 Å². The third kappa shape index (κ3) is 3.35. The second-order valence-corrected chi connectivity index (χ2v) is 4.01. The first-order chi connectivity index (χ1) is 8.78. The van der Waals surface area contributed by atoms with Crippen LogP contribution in [0.4, 0.5) is 5.69 Å². The zero-order chi connectivity index (χ0) is 12.8. The van der Waals surface area contributed by atoms with Crippen molar-refractivity contribution >= 4 is 11.9 Å². The summed E-state index contributed by atoms with van der Waals surface area (Å²) < 4.78 is 5.15. The van der Waals surface area contributed by atoms with Crippen LogP contribution in [0.15, 0.2) is 53.6 Å². The van der Waals surface area contributed by atoms with Gasteiger partial charge in [0.15, 0.2) is 0 Å². The van der Waals surface area contributed by atoms with E-state index in [1.165, 1.54) is 5.56 Å². The number of hydrazone groups is 1. The van der Waals surface area contributed by atoms with E-state index < -0.39 is 0 Å². The van der Waals surface area contributed by atoms with E-state index in [0.717, 1.165) is 17.0 Å². The topological polar surface area (TPSA) is 33.6 Å². The highest BCUT2D eigenvalue weighted by Crippen LogP contribution is 2.11. The van der Waals surface area contributed by atoms with Crippen LogP contribution in [-0.2, 0) is 0 Å². The molecule has 1 N–H and O–H groups in total. The van der Waals surface area contributed by atoms with Gasteiger partial charge < -0.3 is 4.74 Å². The fourth-order valence-electron chi connectivity index (χ4n) is 1.53. The van der Waals surface area contributed by atoms with E-state index in [4.69, 9.17) is 4.74 Å². The average molecular weight is 240 g/mol. The summed E-state index contributed by atoms with van der Waals surface area (Å²) in [5, 5.41) is 4.19. The number of nitrogens with zero attached hydrogens (tertiary/aromatic N) is 1. The number of hydrogen-bond acceptors (Lipinski definition) is 3. The molecular weight excluding hydrogens is 224 g/mol. The van der Waals surface area contributed by atoms with Crippen LogP contribution in [0.25, 0.3) is 0 Å². The Labute approximate surface area is 107 Å². The Morgan fingerprint density at radius 3 is 2.61 bits per heavy atom. The van der Waals surface area contributed by atoms with Crippen LogP contribution in [0.2, 0.25) is 0 Å². The highest BCUT2D eigenvalue weighted by Gasteiger charge is 1.92. The second-order valence-electron chi connectivity index (χ2n) is 4.01. The molecule has 0 bridgehead atoms. The molecule has 2 rings (SSSR count). The van der Waals surface area contributed by atoms with Gasteiger partial charge in [0.05, 0.1) is 19.0 Å². The molecule has 0 spiro atoms. The van der Waals surface area contributed by atoms with Crippen LogP contribution in [-0.4, -0.2) is 13.3 Å². The van der Waals surface area contributed by atoms with Gasteiger partial charge in [0.2, 0.25) is 0 Å². The molecule has 0 aliphatic rings. The van der Waals surface area contributed by atoms with Crippen LogP contribution >= 0.6 is 0 Å². The van der Waals surface area contributed by atoms with Crippen molar-refractivity contribution in [3.8, 4) is 5.75 Å². The number of nitrogens with one attached hydrogen (secondary N) is 1. The van der Waals surface area contributed by atoms with E-state index in [9.17, 15) is 0 Å². The Bertz CT molecular complexity index is 532. The number of hydrogen-bond donors (Lipinski definition) is 1. The van der Waals surface area contributed by atoms with Crippen LogP contribution < -0.4 is 10.2 Å². The molecule has 3 heteroatoms. The highest BCUT2D eigenvalue weighted by atomic mass is 16.5. The molecule has 0 aliphatic heterocycles. The molecule has 0 saturated carbocycles. The van der Waals surface area contributed by atoms with Crippen LogP contribution in [0.3, 0.4) is 0 Å². The van der Waals surface area contributed by atoms with Crippen LogP contribution in [0.5, 0.6) is 5.75 Å². The van der Waals surface area contributed by atoms with Crippen LogP contribution in [0, 0.1) is 6.92 Å². The summed E-state index contributed by atoms with van der Waals surface area (Å²) in [6.45, 7) is 2.06. The van der Waals surface area contributed by atoms with Crippen molar-refractivity contribution in [2.24, 2.45) is 5.10 Å². The lowest BCUT2D eigenvalue weighted by Gasteiger charge is -2.01. The maximum atomic E-state index is 5.15. The number of benzene rings is 2. The number of methoxy groups -OCH3 is 1. The van der Waals surface area contributed by atoms with Crippen molar-refractivity contribution < 1.29 is 4.74 Å². The summed E-state index contributed by atoms with van der Waals surface area (Å²) in [6.07, 6.45) is 1.77. The number of anilines is 1. The summed E-state index contributed by atoms with van der Waals surface area (Å²) in [7, 11) is 1.65. The molecule has 0 fully saturated rings. The van der Waals surface area contributed by atoms with Gasteiger partial charge in [-0.2, -0.15) is 5.10 Å². The zero-order valence-electron chi connectivity index (χ0n) is 10.6. The van der Waals surface area contributed by atoms with Crippen molar-refractivity contribution in [2.75, 3.05) is 12.5 Å². The molecule has 18 heavy (non-hydrogen) atoms. The minimum absolute atomic E-state index is 0.828. The predicted octanol–water partition coefficient (Wildman–Crippen LogP) is 3.45. The minimum atomic E-state index is 0.828. The molecule has 92 valence electrons. The molecule has 0 radical (unpaired) electrons. The molecule has 0 saturated heterocycles. The normalized spacial score (nSPS) is 10.6. The quantitative estimate of drug-likeness (QED) is 0.656. The maximum absolute atomic E-state index is 5.15. The minimum Gasteiger partial charge on any atom is -0.497 e. The molecule has 3 nitrogen and oxygen atoms in total. The van der Waals surface area contributed by atoms with Gasteiger partial charge in [0, 0.05) is 0 Å². The van der Waals surface area contributed by atoms with Crippen molar-refractivity contribution in [1.29, 1.82) is 0 Å². The van der Waals surface area contributed by atoms with Crippen molar-refractivity contribution in [1.82, 2.24) is 0 Å². The van der Waals surface area contributed by atoms with Gasteiger partial charge in [-0.25, -0.2) is 0 Å². The smallest absolute Gasteiger partial charge is 0.119 e. The molecular formula is C15H16N2O. The second kappa shape index (κ2) is 5.87. The first-order valence-corrected chi connectivity index (χ1v) is 5.78. The standard InChI is InChI=1S/C15H16N2O/c1-12-6-8-14(9-7-12)17-16-11-13-4-3-5-15(10-13)18-2/h3-11,17H,1-2H3/b16-11-. The van der Waals surface area contributed by atoms with Crippen molar-refractivity contribution in [3.63, 3.8) is 0 Å². The van der Waals surface area contributed by atoms with Gasteiger partial charge in [0.25, 0.3) is 0 Å². The molecule has 0 amide bonds. The average Bonchev–Trinajstić information content (AvgIpc) is 2.41. The lowest BCUT2D eigenvalue weighted by molar-refractivity contribution is 0.415. The Morgan fingerprint density at radius 1 is 1.11 bits per heavy atom. The van der Waals surface area contributed by atoms with E-state index in [1.807, 2.05) is 48.5 Å². The number of rotatable bonds is 4. The Hall–Kier alpha value is -2.29. The van der Waals surface area contributed by atoms with Gasteiger partial charge in [-0.3, -0.25) is 5.43 Å². The first kappa shape index (κ1) is 12.2. The van der Waals surface area contributed by atoms with Crippen molar-refractivity contribution in [3.05, 3.63) is 59.7 Å². The third-order valence-electron chi connectivity index (χ3n) is 2.55. The SMILES string of the molecule is COc1cccc(/C=N\Nc2ccc(C)cc2)c1. The highest BCUT2D eigenvalue weighted by molar-refractivity contribution is 5.80. The van der Waals surface area contributed by atoms with Gasteiger partial charge in [0.1, 0.15) is 5.75 Å². The summed E-state index contributed by atoms with van der Waals surface area (Å²) in [6, 6.07) is 15.8. The lowest BCUT2D eigenvalue weighted by atomic mass is 10.2. The molecule has 0 heterocycles. The lowest BCUT2D eigenvalue weighted by Crippen LogP contribution is -1.91. The van der Waals surface area contributed by atoms with E-state index in [-0.39, 0.29) is 0 Å². The maximum Gasteiger partial charge on any atom is 0.119 e. The molecule has 0 unspecified atom stereocenters. The fourth-order valence-corrected chi connectivity index (χ4v) is 1.53. The third-order valence-corrected chi connectivity index (χ3v) is 2.55. The van der Waals surface area contributed by atoms with Gasteiger partial charge in [-0.15, -0.1) is 0 Å². The summed E-state index contributed by atoms with van der Waals surface area (Å²) in [5.41, 5.74) is 6.19. The van der Waals surface area contributed by atoms with Gasteiger partial charge in [-0.05, 0) is 36.8 Å². The van der Waals surface area contributed by atoms with E-state index in [1.54, 1.807) is 13.3 Å². The fraction of sp³-hybridized carbons (Fsp3) is 0.133. The predicted molar refractivity (Wildman–Crippen MR) is 75.4 cm³/mol. The molecule has 0 aliphatic carbocycles. The molecule has 2 aromatic rings. The summed E-state index contributed by atoms with van der Waals surface area (Å²) >= 11 is 0. The van der Waals surface area contributed by atoms with Gasteiger partial charge >= 0.3 is 0 Å². The molecule has 2 aromatic carbocycles. The monoisotopic (exact) mass is 240 g/mol. The van der Waals surface area contributed by atoms with E-state index in [2.05, 4.69) is 17.5 Å². The van der Waals surface area contributed by atoms with Crippen LogP contribution in [0.1, 0.15) is 11.1 Å². The Balaban J connectivity index is 2.00. The van der Waals surface area contributed by atoms with Crippen molar-refractivity contribution in [2.45, 2.75) is 6.92 Å². The largest absolute Gasteiger partial charge is 0.497 e. The Morgan fingerprint density at radius 2 is 1.89 bits per heavy atom. The summed E-state index contributed by atoms with van der Waals surface area (Å²) in [4.78, 5) is 0. The number of ether oxygens (including phenoxy) is 1. The van der Waals surface area contributed by atoms with E-state index in [0.29, 0.717) is 0 Å². The molecule has 0 aromatic heterocycles. The zero-order valence-corrected chi connectivity index (χ0v) is 10.6. The molecule has 0 atom stereocenters. The first-order valence-electron chi connectivity index (χ1n) is 5.78.